The molecule has 3 aromatic rings. The Morgan fingerprint density at radius 2 is 2.00 bits per heavy atom. The van der Waals surface area contributed by atoms with Crippen LogP contribution in [0.3, 0.4) is 0 Å². The Morgan fingerprint density at radius 1 is 1.19 bits per heavy atom. The summed E-state index contributed by atoms with van der Waals surface area (Å²) in [5, 5.41) is 6.76. The van der Waals surface area contributed by atoms with Crippen molar-refractivity contribution in [3.8, 4) is 5.75 Å². The van der Waals surface area contributed by atoms with E-state index in [1.165, 1.54) is 13.2 Å². The lowest BCUT2D eigenvalue weighted by Gasteiger charge is -2.12. The number of para-hydroxylation sites is 1. The van der Waals surface area contributed by atoms with Crippen molar-refractivity contribution in [1.29, 1.82) is 0 Å². The van der Waals surface area contributed by atoms with E-state index in [0.717, 1.165) is 16.5 Å². The summed E-state index contributed by atoms with van der Waals surface area (Å²) in [7, 11) is 1.43. The standard InChI is InChI=1S/C20H20FN3O2/c1-3-22-20(25)15-11-19(24-17-7-5-4-6-14(15)17)23-12-13-8-9-18(26-2)16(21)10-13/h4-11H,3,12H2,1-2H3,(H,22,25)(H,23,24). The van der Waals surface area contributed by atoms with Gasteiger partial charge in [0.1, 0.15) is 5.82 Å². The quantitative estimate of drug-likeness (QED) is 0.709. The minimum Gasteiger partial charge on any atom is -0.494 e. The minimum atomic E-state index is -0.415. The van der Waals surface area contributed by atoms with Gasteiger partial charge in [-0.3, -0.25) is 4.79 Å². The fraction of sp³-hybridized carbons (Fsp3) is 0.200. The van der Waals surface area contributed by atoms with E-state index in [0.29, 0.717) is 24.5 Å². The van der Waals surface area contributed by atoms with Crippen molar-refractivity contribution in [2.45, 2.75) is 13.5 Å². The van der Waals surface area contributed by atoms with Gasteiger partial charge in [-0.25, -0.2) is 9.37 Å². The third kappa shape index (κ3) is 3.74. The first-order valence-electron chi connectivity index (χ1n) is 8.36. The van der Waals surface area contributed by atoms with Crippen LogP contribution in [0.25, 0.3) is 10.9 Å². The normalized spacial score (nSPS) is 10.6. The zero-order valence-corrected chi connectivity index (χ0v) is 14.7. The number of ether oxygens (including phenoxy) is 1. The van der Waals surface area contributed by atoms with E-state index in [1.54, 1.807) is 18.2 Å². The molecule has 0 saturated carbocycles. The first kappa shape index (κ1) is 17.7. The Balaban J connectivity index is 1.88. The lowest BCUT2D eigenvalue weighted by atomic mass is 10.1. The van der Waals surface area contributed by atoms with Gasteiger partial charge in [0.25, 0.3) is 5.91 Å². The zero-order valence-electron chi connectivity index (χ0n) is 14.7. The molecule has 0 unspecified atom stereocenters. The molecule has 0 aliphatic carbocycles. The maximum absolute atomic E-state index is 13.8. The third-order valence-corrected chi connectivity index (χ3v) is 3.99. The number of rotatable bonds is 6. The summed E-state index contributed by atoms with van der Waals surface area (Å²) < 4.78 is 18.7. The fourth-order valence-corrected chi connectivity index (χ4v) is 2.72. The molecular weight excluding hydrogens is 333 g/mol. The van der Waals surface area contributed by atoms with Gasteiger partial charge in [-0.15, -0.1) is 0 Å². The maximum atomic E-state index is 13.8. The largest absolute Gasteiger partial charge is 0.494 e. The first-order chi connectivity index (χ1) is 12.6. The van der Waals surface area contributed by atoms with Gasteiger partial charge in [-0.2, -0.15) is 0 Å². The van der Waals surface area contributed by atoms with Crippen molar-refractivity contribution in [3.63, 3.8) is 0 Å². The summed E-state index contributed by atoms with van der Waals surface area (Å²) in [6.45, 7) is 2.79. The molecule has 1 heterocycles. The molecule has 3 rings (SSSR count). The molecular formula is C20H20FN3O2. The molecule has 1 aromatic heterocycles. The van der Waals surface area contributed by atoms with Gasteiger partial charge in [-0.1, -0.05) is 24.3 Å². The number of amides is 1. The molecule has 0 saturated heterocycles. The van der Waals surface area contributed by atoms with Gasteiger partial charge in [0.15, 0.2) is 11.6 Å². The molecule has 0 spiro atoms. The second-order valence-corrected chi connectivity index (χ2v) is 5.75. The minimum absolute atomic E-state index is 0.148. The Bertz CT molecular complexity index is 943. The number of nitrogens with one attached hydrogen (secondary N) is 2. The topological polar surface area (TPSA) is 63.2 Å². The summed E-state index contributed by atoms with van der Waals surface area (Å²) in [5.41, 5.74) is 2.03. The summed E-state index contributed by atoms with van der Waals surface area (Å²) in [6.07, 6.45) is 0. The number of aromatic nitrogens is 1. The van der Waals surface area contributed by atoms with E-state index in [-0.39, 0.29) is 11.7 Å². The fourth-order valence-electron chi connectivity index (χ4n) is 2.72. The number of hydrogen-bond acceptors (Lipinski definition) is 4. The van der Waals surface area contributed by atoms with Gasteiger partial charge in [0, 0.05) is 18.5 Å². The predicted octanol–water partition coefficient (Wildman–Crippen LogP) is 3.74. The van der Waals surface area contributed by atoms with E-state index in [4.69, 9.17) is 4.74 Å². The molecule has 1 amide bonds. The number of anilines is 1. The average molecular weight is 353 g/mol. The Morgan fingerprint density at radius 3 is 2.73 bits per heavy atom. The molecule has 26 heavy (non-hydrogen) atoms. The Kier molecular flexibility index (Phi) is 5.31. The Hall–Kier alpha value is -3.15. The van der Waals surface area contributed by atoms with Gasteiger partial charge in [0.2, 0.25) is 0 Å². The highest BCUT2D eigenvalue weighted by Gasteiger charge is 2.12. The molecule has 0 aliphatic rings. The second-order valence-electron chi connectivity index (χ2n) is 5.75. The molecule has 5 nitrogen and oxygen atoms in total. The molecule has 0 bridgehead atoms. The van der Waals surface area contributed by atoms with Crippen molar-refractivity contribution in [3.05, 3.63) is 65.5 Å². The summed E-state index contributed by atoms with van der Waals surface area (Å²) in [5.74, 6) is 0.197. The van der Waals surface area contributed by atoms with Crippen LogP contribution in [-0.4, -0.2) is 24.5 Å². The van der Waals surface area contributed by atoms with E-state index < -0.39 is 5.82 Å². The molecule has 0 aliphatic heterocycles. The number of halogens is 1. The number of benzene rings is 2. The SMILES string of the molecule is CCNC(=O)c1cc(NCc2ccc(OC)c(F)c2)nc2ccccc12. The van der Waals surface area contributed by atoms with Gasteiger partial charge >= 0.3 is 0 Å². The summed E-state index contributed by atoms with van der Waals surface area (Å²) in [4.78, 5) is 16.9. The lowest BCUT2D eigenvalue weighted by molar-refractivity contribution is 0.0957. The number of carbonyl (C=O) groups excluding carboxylic acids is 1. The van der Waals surface area contributed by atoms with Crippen LogP contribution >= 0.6 is 0 Å². The van der Waals surface area contributed by atoms with Crippen LogP contribution in [0, 0.1) is 5.82 Å². The first-order valence-corrected chi connectivity index (χ1v) is 8.36. The van der Waals surface area contributed by atoms with Gasteiger partial charge in [0.05, 0.1) is 18.2 Å². The number of nitrogens with zero attached hydrogens (tertiary/aromatic N) is 1. The predicted molar refractivity (Wildman–Crippen MR) is 100 cm³/mol. The van der Waals surface area contributed by atoms with Crippen molar-refractivity contribution in [1.82, 2.24) is 10.3 Å². The van der Waals surface area contributed by atoms with Crippen LogP contribution in [0.4, 0.5) is 10.2 Å². The molecule has 2 aromatic carbocycles. The van der Waals surface area contributed by atoms with E-state index in [2.05, 4.69) is 15.6 Å². The van der Waals surface area contributed by atoms with Gasteiger partial charge in [-0.05, 0) is 36.8 Å². The van der Waals surface area contributed by atoms with Crippen LogP contribution < -0.4 is 15.4 Å². The molecule has 0 fully saturated rings. The highest BCUT2D eigenvalue weighted by atomic mass is 19.1. The maximum Gasteiger partial charge on any atom is 0.252 e. The third-order valence-electron chi connectivity index (χ3n) is 3.99. The number of hydrogen-bond donors (Lipinski definition) is 2. The van der Waals surface area contributed by atoms with Crippen molar-refractivity contribution < 1.29 is 13.9 Å². The average Bonchev–Trinajstić information content (AvgIpc) is 2.66. The number of fused-ring (bicyclic) bond motifs is 1. The summed E-state index contributed by atoms with van der Waals surface area (Å²) >= 11 is 0. The van der Waals surface area contributed by atoms with E-state index in [1.807, 2.05) is 31.2 Å². The molecule has 2 N–H and O–H groups in total. The smallest absolute Gasteiger partial charge is 0.252 e. The zero-order chi connectivity index (χ0) is 18.5. The van der Waals surface area contributed by atoms with Crippen LogP contribution in [0.15, 0.2) is 48.5 Å². The van der Waals surface area contributed by atoms with Crippen LogP contribution in [-0.2, 0) is 6.54 Å². The Labute approximate surface area is 151 Å². The number of carbonyl (C=O) groups is 1. The second kappa shape index (κ2) is 7.82. The lowest BCUT2D eigenvalue weighted by Crippen LogP contribution is -2.23. The van der Waals surface area contributed by atoms with Crippen molar-refractivity contribution in [2.24, 2.45) is 0 Å². The van der Waals surface area contributed by atoms with Crippen LogP contribution in [0.1, 0.15) is 22.8 Å². The molecule has 0 atom stereocenters. The van der Waals surface area contributed by atoms with Crippen molar-refractivity contribution in [2.75, 3.05) is 19.0 Å². The monoisotopic (exact) mass is 353 g/mol. The molecule has 6 heteroatoms. The van der Waals surface area contributed by atoms with Crippen LogP contribution in [0.2, 0.25) is 0 Å². The van der Waals surface area contributed by atoms with E-state index in [9.17, 15) is 9.18 Å². The molecule has 134 valence electrons. The molecule has 0 radical (unpaired) electrons. The number of methoxy groups -OCH3 is 1. The highest BCUT2D eigenvalue weighted by Crippen LogP contribution is 2.22. The van der Waals surface area contributed by atoms with Crippen LogP contribution in [0.5, 0.6) is 5.75 Å². The summed E-state index contributed by atoms with van der Waals surface area (Å²) in [6, 6.07) is 14.0. The van der Waals surface area contributed by atoms with Gasteiger partial charge < -0.3 is 15.4 Å². The van der Waals surface area contributed by atoms with Crippen molar-refractivity contribution >= 4 is 22.6 Å². The highest BCUT2D eigenvalue weighted by molar-refractivity contribution is 6.06. The number of pyridine rings is 1. The van der Waals surface area contributed by atoms with E-state index >= 15 is 0 Å².